The fourth-order valence-corrected chi connectivity index (χ4v) is 5.69. The van der Waals surface area contributed by atoms with Crippen LogP contribution in [0.2, 0.25) is 0 Å². The van der Waals surface area contributed by atoms with Gasteiger partial charge in [0.15, 0.2) is 5.13 Å². The van der Waals surface area contributed by atoms with Gasteiger partial charge in [-0.15, -0.1) is 11.3 Å². The van der Waals surface area contributed by atoms with Gasteiger partial charge in [0.2, 0.25) is 21.8 Å². The Balaban J connectivity index is 1.34. The maximum atomic E-state index is 12.9. The normalized spacial score (nSPS) is 17.9. The molecule has 31 heavy (non-hydrogen) atoms. The van der Waals surface area contributed by atoms with Gasteiger partial charge in [0.05, 0.1) is 17.0 Å². The summed E-state index contributed by atoms with van der Waals surface area (Å²) in [5.74, 6) is 0.0137. The number of hydrogen-bond acceptors (Lipinski definition) is 6. The third-order valence-electron chi connectivity index (χ3n) is 5.53. The van der Waals surface area contributed by atoms with Crippen LogP contribution >= 0.6 is 11.3 Å². The minimum Gasteiger partial charge on any atom is -0.341 e. The average Bonchev–Trinajstić information content (AvgIpc) is 3.54. The summed E-state index contributed by atoms with van der Waals surface area (Å²) in [6.45, 7) is 3.42. The highest BCUT2D eigenvalue weighted by Crippen LogP contribution is 2.30. The fourth-order valence-electron chi connectivity index (χ4n) is 3.51. The van der Waals surface area contributed by atoms with Crippen molar-refractivity contribution in [1.29, 1.82) is 0 Å². The van der Waals surface area contributed by atoms with Crippen LogP contribution in [0.3, 0.4) is 0 Å². The zero-order valence-corrected chi connectivity index (χ0v) is 19.0. The van der Waals surface area contributed by atoms with E-state index in [1.165, 1.54) is 15.6 Å². The highest BCUT2D eigenvalue weighted by Gasteiger charge is 2.30. The van der Waals surface area contributed by atoms with Crippen molar-refractivity contribution in [3.63, 3.8) is 0 Å². The van der Waals surface area contributed by atoms with E-state index in [4.69, 9.17) is 0 Å². The summed E-state index contributed by atoms with van der Waals surface area (Å²) in [6, 6.07) is 6.83. The first-order valence-corrected chi connectivity index (χ1v) is 12.7. The molecular weight excluding hydrogens is 436 g/mol. The van der Waals surface area contributed by atoms with E-state index in [0.29, 0.717) is 36.9 Å². The second-order valence-electron chi connectivity index (χ2n) is 8.04. The SMILES string of the molecule is Cc1ccc(S(=O)(=O)N2CCCN(C(=O)Cc3csc(NC(=O)C4CC4)n3)CC2)cc1. The van der Waals surface area contributed by atoms with E-state index >= 15 is 0 Å². The predicted molar refractivity (Wildman–Crippen MR) is 118 cm³/mol. The molecule has 2 aromatic rings. The number of nitrogens with one attached hydrogen (secondary N) is 1. The minimum atomic E-state index is -3.58. The molecule has 0 radical (unpaired) electrons. The molecule has 2 fully saturated rings. The van der Waals surface area contributed by atoms with Crippen LogP contribution in [0, 0.1) is 12.8 Å². The lowest BCUT2D eigenvalue weighted by Crippen LogP contribution is -2.38. The Labute approximate surface area is 186 Å². The number of amides is 2. The van der Waals surface area contributed by atoms with Gasteiger partial charge >= 0.3 is 0 Å². The molecule has 10 heteroatoms. The fraction of sp³-hybridized carbons (Fsp3) is 0.476. The van der Waals surface area contributed by atoms with Crippen LogP contribution in [0.25, 0.3) is 0 Å². The first kappa shape index (κ1) is 21.9. The lowest BCUT2D eigenvalue weighted by molar-refractivity contribution is -0.130. The zero-order valence-electron chi connectivity index (χ0n) is 17.4. The molecule has 0 spiro atoms. The molecule has 1 aliphatic carbocycles. The van der Waals surface area contributed by atoms with Crippen LogP contribution in [-0.2, 0) is 26.0 Å². The Morgan fingerprint density at radius 1 is 1.13 bits per heavy atom. The van der Waals surface area contributed by atoms with Crippen LogP contribution in [0.4, 0.5) is 5.13 Å². The Morgan fingerprint density at radius 3 is 2.58 bits per heavy atom. The van der Waals surface area contributed by atoms with Gasteiger partial charge in [0.1, 0.15) is 0 Å². The topological polar surface area (TPSA) is 99.7 Å². The van der Waals surface area contributed by atoms with E-state index in [1.807, 2.05) is 6.92 Å². The number of aryl methyl sites for hydroxylation is 1. The summed E-state index contributed by atoms with van der Waals surface area (Å²) >= 11 is 1.32. The summed E-state index contributed by atoms with van der Waals surface area (Å²) in [6.07, 6.45) is 2.57. The number of benzene rings is 1. The molecule has 2 heterocycles. The van der Waals surface area contributed by atoms with Crippen LogP contribution in [0.5, 0.6) is 0 Å². The van der Waals surface area contributed by atoms with Crippen molar-refractivity contribution in [3.05, 3.63) is 40.9 Å². The van der Waals surface area contributed by atoms with E-state index in [2.05, 4.69) is 10.3 Å². The molecule has 8 nitrogen and oxygen atoms in total. The van der Waals surface area contributed by atoms with Gasteiger partial charge in [-0.1, -0.05) is 17.7 Å². The average molecular weight is 463 g/mol. The van der Waals surface area contributed by atoms with Crippen molar-refractivity contribution >= 4 is 38.3 Å². The van der Waals surface area contributed by atoms with Gasteiger partial charge in [-0.25, -0.2) is 13.4 Å². The third-order valence-corrected chi connectivity index (χ3v) is 8.25. The molecular formula is C21H26N4O4S2. The van der Waals surface area contributed by atoms with Crippen LogP contribution < -0.4 is 5.32 Å². The van der Waals surface area contributed by atoms with Gasteiger partial charge in [-0.3, -0.25) is 9.59 Å². The zero-order chi connectivity index (χ0) is 22.0. The van der Waals surface area contributed by atoms with E-state index in [1.54, 1.807) is 34.5 Å². The minimum absolute atomic E-state index is 0.00498. The van der Waals surface area contributed by atoms with Crippen molar-refractivity contribution in [2.24, 2.45) is 5.92 Å². The van der Waals surface area contributed by atoms with E-state index < -0.39 is 10.0 Å². The Morgan fingerprint density at radius 2 is 1.87 bits per heavy atom. The highest BCUT2D eigenvalue weighted by molar-refractivity contribution is 7.89. The van der Waals surface area contributed by atoms with Gasteiger partial charge in [-0.2, -0.15) is 4.31 Å². The van der Waals surface area contributed by atoms with Crippen molar-refractivity contribution in [1.82, 2.24) is 14.2 Å². The van der Waals surface area contributed by atoms with Crippen molar-refractivity contribution in [2.45, 2.75) is 37.5 Å². The summed E-state index contributed by atoms with van der Waals surface area (Å²) in [7, 11) is -3.58. The van der Waals surface area contributed by atoms with Gasteiger partial charge < -0.3 is 10.2 Å². The number of carbonyl (C=O) groups excluding carboxylic acids is 2. The summed E-state index contributed by atoms with van der Waals surface area (Å²) in [5, 5.41) is 5.10. The first-order valence-electron chi connectivity index (χ1n) is 10.4. The van der Waals surface area contributed by atoms with Crippen molar-refractivity contribution in [2.75, 3.05) is 31.5 Å². The predicted octanol–water partition coefficient (Wildman–Crippen LogP) is 2.27. The molecule has 1 aliphatic heterocycles. The van der Waals surface area contributed by atoms with Crippen LogP contribution in [0.1, 0.15) is 30.5 Å². The monoisotopic (exact) mass is 462 g/mol. The van der Waals surface area contributed by atoms with E-state index in [-0.39, 0.29) is 35.6 Å². The smallest absolute Gasteiger partial charge is 0.243 e. The van der Waals surface area contributed by atoms with Gasteiger partial charge in [0, 0.05) is 37.5 Å². The quantitative estimate of drug-likeness (QED) is 0.710. The standard InChI is InChI=1S/C21H26N4O4S2/c1-15-3-7-18(8-4-15)31(28,29)25-10-2-9-24(11-12-25)19(26)13-17-14-30-21(22-17)23-20(27)16-5-6-16/h3-4,7-8,14,16H,2,5-6,9-13H2,1H3,(H,22,23,27). The Kier molecular flexibility index (Phi) is 6.40. The number of thiazole rings is 1. The number of sulfonamides is 1. The second-order valence-corrected chi connectivity index (χ2v) is 10.8. The van der Waals surface area contributed by atoms with Gasteiger partial charge in [-0.05, 0) is 38.3 Å². The van der Waals surface area contributed by atoms with Crippen LogP contribution in [-0.4, -0.2) is 60.6 Å². The lowest BCUT2D eigenvalue weighted by atomic mass is 10.2. The molecule has 0 unspecified atom stereocenters. The maximum Gasteiger partial charge on any atom is 0.243 e. The summed E-state index contributed by atoms with van der Waals surface area (Å²) < 4.78 is 27.3. The molecule has 0 bridgehead atoms. The molecule has 1 N–H and O–H groups in total. The summed E-state index contributed by atoms with van der Waals surface area (Å²) in [4.78, 5) is 31.0. The first-order chi connectivity index (χ1) is 14.8. The number of anilines is 1. The highest BCUT2D eigenvalue weighted by atomic mass is 32.2. The van der Waals surface area contributed by atoms with E-state index in [0.717, 1.165) is 18.4 Å². The second kappa shape index (κ2) is 9.05. The molecule has 2 amide bonds. The summed E-state index contributed by atoms with van der Waals surface area (Å²) in [5.41, 5.74) is 1.62. The van der Waals surface area contributed by atoms with Crippen molar-refractivity contribution in [3.8, 4) is 0 Å². The molecule has 166 valence electrons. The third kappa shape index (κ3) is 5.31. The Hall–Kier alpha value is -2.30. The number of hydrogen-bond donors (Lipinski definition) is 1. The largest absolute Gasteiger partial charge is 0.341 e. The van der Waals surface area contributed by atoms with E-state index in [9.17, 15) is 18.0 Å². The molecule has 4 rings (SSSR count). The van der Waals surface area contributed by atoms with Crippen molar-refractivity contribution < 1.29 is 18.0 Å². The lowest BCUT2D eigenvalue weighted by Gasteiger charge is -2.22. The molecule has 2 aliphatic rings. The maximum absolute atomic E-state index is 12.9. The number of aromatic nitrogens is 1. The number of nitrogens with zero attached hydrogens (tertiary/aromatic N) is 3. The molecule has 1 saturated carbocycles. The molecule has 1 aromatic heterocycles. The van der Waals surface area contributed by atoms with Crippen LogP contribution in [0.15, 0.2) is 34.5 Å². The molecule has 1 aromatic carbocycles. The number of carbonyl (C=O) groups is 2. The Bertz CT molecular complexity index is 1060. The van der Waals surface area contributed by atoms with Gasteiger partial charge in [0.25, 0.3) is 0 Å². The number of rotatable bonds is 6. The molecule has 0 atom stereocenters. The molecule has 1 saturated heterocycles.